The predicted molar refractivity (Wildman–Crippen MR) is 29.9 cm³/mol. The molecular formula is C4H9O2Si. The second-order valence-corrected chi connectivity index (χ2v) is 4.55. The van der Waals surface area contributed by atoms with Crippen LogP contribution in [-0.4, -0.2) is 19.9 Å². The van der Waals surface area contributed by atoms with Crippen LogP contribution in [0.2, 0.25) is 19.1 Å². The van der Waals surface area contributed by atoms with E-state index in [0.717, 1.165) is 0 Å². The SMILES string of the molecule is C[Si](C)CC(=O)O. The van der Waals surface area contributed by atoms with Crippen molar-refractivity contribution in [2.75, 3.05) is 0 Å². The third-order valence-electron chi connectivity index (χ3n) is 0.505. The minimum absolute atomic E-state index is 0.380. The minimum Gasteiger partial charge on any atom is -0.481 e. The highest BCUT2D eigenvalue weighted by Gasteiger charge is 2.00. The normalized spacial score (nSPS) is 9.57. The summed E-state index contributed by atoms with van der Waals surface area (Å²) in [4.78, 5) is 9.84. The first-order valence-corrected chi connectivity index (χ1v) is 4.84. The molecule has 7 heavy (non-hydrogen) atoms. The highest BCUT2D eigenvalue weighted by atomic mass is 28.3. The fourth-order valence-electron chi connectivity index (χ4n) is 0.302. The van der Waals surface area contributed by atoms with Crippen molar-refractivity contribution in [2.24, 2.45) is 0 Å². The first-order valence-electron chi connectivity index (χ1n) is 2.13. The fraction of sp³-hybridized carbons (Fsp3) is 0.750. The van der Waals surface area contributed by atoms with Gasteiger partial charge in [-0.1, -0.05) is 13.1 Å². The molecule has 1 N–H and O–H groups in total. The Labute approximate surface area is 44.8 Å². The second-order valence-electron chi connectivity index (χ2n) is 1.78. The van der Waals surface area contributed by atoms with Crippen LogP contribution in [0.4, 0.5) is 0 Å². The van der Waals surface area contributed by atoms with Crippen LogP contribution in [0.25, 0.3) is 0 Å². The monoisotopic (exact) mass is 117 g/mol. The van der Waals surface area contributed by atoms with Crippen molar-refractivity contribution >= 4 is 14.8 Å². The standard InChI is InChI=1S/C4H9O2Si/c1-7(2)3-4(5)6/h3H2,1-2H3,(H,5,6). The van der Waals surface area contributed by atoms with Gasteiger partial charge in [-0.05, 0) is 0 Å². The Kier molecular flexibility index (Phi) is 2.67. The molecule has 0 saturated carbocycles. The first kappa shape index (κ1) is 6.69. The van der Waals surface area contributed by atoms with Crippen LogP contribution in [0.5, 0.6) is 0 Å². The fourth-order valence-corrected chi connectivity index (χ4v) is 0.907. The van der Waals surface area contributed by atoms with Crippen molar-refractivity contribution in [3.63, 3.8) is 0 Å². The summed E-state index contributed by atoms with van der Waals surface area (Å²) in [6.45, 7) is 3.97. The van der Waals surface area contributed by atoms with Gasteiger partial charge in [-0.2, -0.15) is 0 Å². The third-order valence-corrected chi connectivity index (χ3v) is 1.51. The maximum atomic E-state index is 9.84. The molecule has 0 amide bonds. The molecule has 0 fully saturated rings. The van der Waals surface area contributed by atoms with Crippen molar-refractivity contribution in [1.29, 1.82) is 0 Å². The Balaban J connectivity index is 3.13. The van der Waals surface area contributed by atoms with E-state index in [4.69, 9.17) is 5.11 Å². The van der Waals surface area contributed by atoms with Crippen molar-refractivity contribution in [1.82, 2.24) is 0 Å². The van der Waals surface area contributed by atoms with E-state index in [0.29, 0.717) is 6.04 Å². The van der Waals surface area contributed by atoms with Gasteiger partial charge in [0, 0.05) is 6.04 Å². The molecule has 0 aliphatic rings. The molecule has 0 bridgehead atoms. The smallest absolute Gasteiger partial charge is 0.300 e. The summed E-state index contributed by atoms with van der Waals surface area (Å²) < 4.78 is 0. The van der Waals surface area contributed by atoms with Gasteiger partial charge in [-0.15, -0.1) is 0 Å². The van der Waals surface area contributed by atoms with E-state index >= 15 is 0 Å². The maximum absolute atomic E-state index is 9.84. The number of hydrogen-bond acceptors (Lipinski definition) is 1. The molecule has 0 unspecified atom stereocenters. The highest BCUT2D eigenvalue weighted by molar-refractivity contribution is 6.59. The number of carboxylic acids is 1. The Morgan fingerprint density at radius 1 is 1.71 bits per heavy atom. The van der Waals surface area contributed by atoms with Crippen LogP contribution >= 0.6 is 0 Å². The van der Waals surface area contributed by atoms with Gasteiger partial charge in [0.1, 0.15) is 0 Å². The van der Waals surface area contributed by atoms with Gasteiger partial charge in [-0.3, -0.25) is 4.79 Å². The zero-order valence-electron chi connectivity index (χ0n) is 4.56. The minimum atomic E-state index is -0.668. The van der Waals surface area contributed by atoms with E-state index in [1.807, 2.05) is 13.1 Å². The average molecular weight is 117 g/mol. The molecule has 0 aliphatic carbocycles. The van der Waals surface area contributed by atoms with Crippen LogP contribution in [-0.2, 0) is 4.79 Å². The second kappa shape index (κ2) is 2.79. The zero-order valence-corrected chi connectivity index (χ0v) is 5.56. The number of rotatable bonds is 2. The largest absolute Gasteiger partial charge is 0.481 e. The molecule has 0 aromatic rings. The average Bonchev–Trinajstić information content (AvgIpc) is 1.27. The number of aliphatic carboxylic acids is 1. The molecule has 3 heteroatoms. The van der Waals surface area contributed by atoms with E-state index in [1.54, 1.807) is 0 Å². The van der Waals surface area contributed by atoms with Gasteiger partial charge in [0.05, 0.1) is 8.80 Å². The summed E-state index contributed by atoms with van der Waals surface area (Å²) in [5.41, 5.74) is 0. The quantitative estimate of drug-likeness (QED) is 0.544. The molecule has 0 aromatic carbocycles. The molecular weight excluding hydrogens is 108 g/mol. The first-order chi connectivity index (χ1) is 3.13. The predicted octanol–water partition coefficient (Wildman–Crippen LogP) is 0.825. The summed E-state index contributed by atoms with van der Waals surface area (Å²) in [5, 5.41) is 8.11. The molecule has 0 saturated heterocycles. The summed E-state index contributed by atoms with van der Waals surface area (Å²) in [5.74, 6) is -0.668. The Morgan fingerprint density at radius 3 is 2.14 bits per heavy atom. The van der Waals surface area contributed by atoms with Crippen molar-refractivity contribution < 1.29 is 9.90 Å². The van der Waals surface area contributed by atoms with Crippen LogP contribution in [0.1, 0.15) is 0 Å². The maximum Gasteiger partial charge on any atom is 0.300 e. The molecule has 0 atom stereocenters. The third kappa shape index (κ3) is 5.69. The van der Waals surface area contributed by atoms with Crippen LogP contribution in [0.15, 0.2) is 0 Å². The van der Waals surface area contributed by atoms with Gasteiger partial charge in [0.2, 0.25) is 0 Å². The Morgan fingerprint density at radius 2 is 2.14 bits per heavy atom. The molecule has 1 radical (unpaired) electrons. The molecule has 0 aliphatic heterocycles. The van der Waals surface area contributed by atoms with Gasteiger partial charge in [0.25, 0.3) is 5.97 Å². The van der Waals surface area contributed by atoms with E-state index in [2.05, 4.69) is 0 Å². The lowest BCUT2D eigenvalue weighted by atomic mass is 10.8. The summed E-state index contributed by atoms with van der Waals surface area (Å²) in [7, 11) is -0.534. The summed E-state index contributed by atoms with van der Waals surface area (Å²) >= 11 is 0. The van der Waals surface area contributed by atoms with Gasteiger partial charge in [0.15, 0.2) is 0 Å². The number of hydrogen-bond donors (Lipinski definition) is 1. The lowest BCUT2D eigenvalue weighted by molar-refractivity contribution is -0.134. The van der Waals surface area contributed by atoms with Gasteiger partial charge >= 0.3 is 0 Å². The summed E-state index contributed by atoms with van der Waals surface area (Å²) in [6, 6.07) is 0.380. The van der Waals surface area contributed by atoms with Crippen LogP contribution in [0, 0.1) is 0 Å². The molecule has 0 rings (SSSR count). The van der Waals surface area contributed by atoms with Crippen LogP contribution < -0.4 is 0 Å². The van der Waals surface area contributed by atoms with Crippen molar-refractivity contribution in [2.45, 2.75) is 19.1 Å². The molecule has 2 nitrogen and oxygen atoms in total. The van der Waals surface area contributed by atoms with E-state index in [-0.39, 0.29) is 0 Å². The van der Waals surface area contributed by atoms with Crippen molar-refractivity contribution in [3.8, 4) is 0 Å². The highest BCUT2D eigenvalue weighted by Crippen LogP contribution is 1.87. The number of carboxylic acid groups (broad SMARTS) is 1. The molecule has 0 spiro atoms. The van der Waals surface area contributed by atoms with Crippen molar-refractivity contribution in [3.05, 3.63) is 0 Å². The summed E-state index contributed by atoms with van der Waals surface area (Å²) in [6.07, 6.45) is 0. The van der Waals surface area contributed by atoms with Gasteiger partial charge in [-0.25, -0.2) is 0 Å². The molecule has 41 valence electrons. The van der Waals surface area contributed by atoms with E-state index in [1.165, 1.54) is 0 Å². The lowest BCUT2D eigenvalue weighted by Crippen LogP contribution is -2.06. The zero-order chi connectivity index (χ0) is 5.86. The topological polar surface area (TPSA) is 37.3 Å². The van der Waals surface area contributed by atoms with Crippen LogP contribution in [0.3, 0.4) is 0 Å². The molecule has 0 aromatic heterocycles. The van der Waals surface area contributed by atoms with E-state index in [9.17, 15) is 4.79 Å². The molecule has 0 heterocycles. The number of carbonyl (C=O) groups is 1. The van der Waals surface area contributed by atoms with Gasteiger partial charge < -0.3 is 5.11 Å². The Hall–Kier alpha value is -0.313. The van der Waals surface area contributed by atoms with E-state index < -0.39 is 14.8 Å². The lowest BCUT2D eigenvalue weighted by Gasteiger charge is -1.91. The Bertz CT molecular complexity index is 70.1.